The largest absolute Gasteiger partial charge is 0.307 e. The summed E-state index contributed by atoms with van der Waals surface area (Å²) in [5.41, 5.74) is 5.53. The molecular formula is C24H26N4O2. The van der Waals surface area contributed by atoms with Crippen molar-refractivity contribution in [3.63, 3.8) is 0 Å². The Morgan fingerprint density at radius 1 is 1.03 bits per heavy atom. The van der Waals surface area contributed by atoms with Crippen molar-refractivity contribution >= 4 is 17.4 Å². The van der Waals surface area contributed by atoms with Gasteiger partial charge in [0.1, 0.15) is 11.5 Å². The maximum Gasteiger partial charge on any atom is 0.227 e. The normalized spacial score (nSPS) is 13.5. The Hall–Kier alpha value is -3.28. The molecule has 154 valence electrons. The van der Waals surface area contributed by atoms with Gasteiger partial charge in [-0.05, 0) is 31.9 Å². The van der Waals surface area contributed by atoms with Crippen LogP contribution in [0.4, 0.5) is 5.69 Å². The number of anilines is 1. The summed E-state index contributed by atoms with van der Waals surface area (Å²) in [6.07, 6.45) is 1.36. The minimum atomic E-state index is -0.0570. The summed E-state index contributed by atoms with van der Waals surface area (Å²) in [4.78, 5) is 26.5. The first-order chi connectivity index (χ1) is 14.5. The molecule has 2 heterocycles. The number of nitrogens with zero attached hydrogens (tertiary/aromatic N) is 4. The average Bonchev–Trinajstić information content (AvgIpc) is 3.18. The third kappa shape index (κ3) is 3.54. The second kappa shape index (κ2) is 8.22. The molecule has 1 aliphatic heterocycles. The van der Waals surface area contributed by atoms with E-state index >= 15 is 0 Å². The van der Waals surface area contributed by atoms with Crippen LogP contribution in [0, 0.1) is 0 Å². The molecule has 0 fully saturated rings. The lowest BCUT2D eigenvalue weighted by atomic mass is 9.95. The highest BCUT2D eigenvalue weighted by Gasteiger charge is 2.29. The second-order valence-electron chi connectivity index (χ2n) is 7.84. The van der Waals surface area contributed by atoms with Crippen LogP contribution in [0.25, 0.3) is 22.5 Å². The fourth-order valence-corrected chi connectivity index (χ4v) is 3.90. The van der Waals surface area contributed by atoms with Gasteiger partial charge in [0.15, 0.2) is 0 Å². The molecule has 0 N–H and O–H groups in total. The lowest BCUT2D eigenvalue weighted by Gasteiger charge is -2.29. The standard InChI is InChI=1S/C24H26N4O2/c1-4-16(2)28-24-20-11-7-8-12-21(20)27(22(30)14-13-17(3)29)15-18-9-5-6-10-19(18)23(24)25-26-28/h5-12,16H,4,13-15H2,1-3H3. The summed E-state index contributed by atoms with van der Waals surface area (Å²) in [6, 6.07) is 16.1. The van der Waals surface area contributed by atoms with Crippen LogP contribution in [0.2, 0.25) is 0 Å². The second-order valence-corrected chi connectivity index (χ2v) is 7.84. The van der Waals surface area contributed by atoms with E-state index in [0.29, 0.717) is 6.54 Å². The fourth-order valence-electron chi connectivity index (χ4n) is 3.90. The number of ketones is 1. The molecule has 4 rings (SSSR count). The van der Waals surface area contributed by atoms with Crippen molar-refractivity contribution in [3.05, 3.63) is 54.1 Å². The van der Waals surface area contributed by atoms with E-state index < -0.39 is 0 Å². The minimum absolute atomic E-state index is 0.0189. The van der Waals surface area contributed by atoms with Crippen LogP contribution in [0.1, 0.15) is 51.6 Å². The molecule has 6 heteroatoms. The van der Waals surface area contributed by atoms with Crippen LogP contribution < -0.4 is 4.90 Å². The smallest absolute Gasteiger partial charge is 0.227 e. The third-order valence-corrected chi connectivity index (χ3v) is 5.75. The Kier molecular flexibility index (Phi) is 5.48. The number of benzene rings is 2. The summed E-state index contributed by atoms with van der Waals surface area (Å²) in [6.45, 7) is 6.20. The zero-order valence-electron chi connectivity index (χ0n) is 17.6. The van der Waals surface area contributed by atoms with Crippen molar-refractivity contribution in [3.8, 4) is 22.5 Å². The lowest BCUT2D eigenvalue weighted by Crippen LogP contribution is -2.32. The zero-order valence-corrected chi connectivity index (χ0v) is 17.6. The zero-order chi connectivity index (χ0) is 21.3. The molecule has 0 radical (unpaired) electrons. The first-order valence-corrected chi connectivity index (χ1v) is 10.4. The van der Waals surface area contributed by atoms with E-state index in [1.165, 1.54) is 6.92 Å². The maximum absolute atomic E-state index is 13.2. The van der Waals surface area contributed by atoms with Gasteiger partial charge in [0.2, 0.25) is 5.91 Å². The van der Waals surface area contributed by atoms with Gasteiger partial charge in [-0.3, -0.25) is 4.79 Å². The van der Waals surface area contributed by atoms with Gasteiger partial charge in [0.05, 0.1) is 24.0 Å². The maximum atomic E-state index is 13.2. The number of hydrogen-bond donors (Lipinski definition) is 0. The fraction of sp³-hybridized carbons (Fsp3) is 0.333. The molecule has 0 saturated heterocycles. The Balaban J connectivity index is 1.95. The van der Waals surface area contributed by atoms with E-state index in [1.54, 1.807) is 4.90 Å². The van der Waals surface area contributed by atoms with Crippen LogP contribution in [0.15, 0.2) is 48.5 Å². The van der Waals surface area contributed by atoms with Crippen molar-refractivity contribution in [2.24, 2.45) is 0 Å². The average molecular weight is 402 g/mol. The van der Waals surface area contributed by atoms with E-state index in [1.807, 2.05) is 53.2 Å². The highest BCUT2D eigenvalue weighted by atomic mass is 16.2. The summed E-state index contributed by atoms with van der Waals surface area (Å²) in [5.74, 6) is -0.0381. The predicted octanol–water partition coefficient (Wildman–Crippen LogP) is 4.80. The summed E-state index contributed by atoms with van der Waals surface area (Å²) in [7, 11) is 0. The number of aromatic nitrogens is 3. The quantitative estimate of drug-likeness (QED) is 0.615. The highest BCUT2D eigenvalue weighted by Crippen LogP contribution is 2.42. The molecule has 1 aromatic heterocycles. The number of carbonyl (C=O) groups excluding carboxylic acids is 2. The van der Waals surface area contributed by atoms with Gasteiger partial charge in [-0.25, -0.2) is 4.68 Å². The first kappa shape index (κ1) is 20.0. The van der Waals surface area contributed by atoms with Gasteiger partial charge in [0, 0.05) is 24.0 Å². The summed E-state index contributed by atoms with van der Waals surface area (Å²) >= 11 is 0. The number of Topliss-reactive ketones (excluding diaryl/α,β-unsaturated/α-hetero) is 1. The predicted molar refractivity (Wildman–Crippen MR) is 117 cm³/mol. The molecule has 0 aliphatic carbocycles. The van der Waals surface area contributed by atoms with Crippen molar-refractivity contribution < 1.29 is 9.59 Å². The minimum Gasteiger partial charge on any atom is -0.307 e. The van der Waals surface area contributed by atoms with Crippen LogP contribution in [-0.4, -0.2) is 26.7 Å². The third-order valence-electron chi connectivity index (χ3n) is 5.75. The number of amides is 1. The molecule has 0 bridgehead atoms. The van der Waals surface area contributed by atoms with E-state index in [0.717, 1.165) is 40.2 Å². The van der Waals surface area contributed by atoms with Crippen molar-refractivity contribution in [1.29, 1.82) is 0 Å². The van der Waals surface area contributed by atoms with Crippen LogP contribution in [-0.2, 0) is 16.1 Å². The first-order valence-electron chi connectivity index (χ1n) is 10.4. The summed E-state index contributed by atoms with van der Waals surface area (Å²) < 4.78 is 1.97. The number of fused-ring (bicyclic) bond motifs is 5. The molecule has 6 nitrogen and oxygen atoms in total. The molecule has 30 heavy (non-hydrogen) atoms. The highest BCUT2D eigenvalue weighted by molar-refractivity contribution is 6.01. The van der Waals surface area contributed by atoms with E-state index in [4.69, 9.17) is 0 Å². The Morgan fingerprint density at radius 2 is 1.73 bits per heavy atom. The Labute approximate surface area is 176 Å². The lowest BCUT2D eigenvalue weighted by molar-refractivity contribution is -0.123. The van der Waals surface area contributed by atoms with Gasteiger partial charge < -0.3 is 9.69 Å². The van der Waals surface area contributed by atoms with Crippen LogP contribution in [0.5, 0.6) is 0 Å². The molecule has 3 aromatic rings. The van der Waals surface area contributed by atoms with E-state index in [-0.39, 0.29) is 30.6 Å². The number of rotatable bonds is 5. The molecular weight excluding hydrogens is 376 g/mol. The van der Waals surface area contributed by atoms with Crippen molar-refractivity contribution in [2.75, 3.05) is 4.90 Å². The molecule has 0 saturated carbocycles. The van der Waals surface area contributed by atoms with E-state index in [9.17, 15) is 9.59 Å². The Morgan fingerprint density at radius 3 is 2.47 bits per heavy atom. The van der Waals surface area contributed by atoms with Gasteiger partial charge >= 0.3 is 0 Å². The van der Waals surface area contributed by atoms with Gasteiger partial charge in [0.25, 0.3) is 0 Å². The molecule has 2 aromatic carbocycles. The molecule has 1 aliphatic rings. The number of carbonyl (C=O) groups is 2. The van der Waals surface area contributed by atoms with Crippen LogP contribution in [0.3, 0.4) is 0 Å². The topological polar surface area (TPSA) is 68.1 Å². The van der Waals surface area contributed by atoms with Crippen molar-refractivity contribution in [1.82, 2.24) is 15.0 Å². The number of para-hydroxylation sites is 1. The van der Waals surface area contributed by atoms with Crippen molar-refractivity contribution in [2.45, 2.75) is 52.6 Å². The molecule has 1 atom stereocenters. The molecule has 1 amide bonds. The Bertz CT molecular complexity index is 1100. The van der Waals surface area contributed by atoms with Gasteiger partial charge in [-0.1, -0.05) is 54.6 Å². The monoisotopic (exact) mass is 402 g/mol. The van der Waals surface area contributed by atoms with Crippen LogP contribution >= 0.6 is 0 Å². The van der Waals surface area contributed by atoms with E-state index in [2.05, 4.69) is 24.2 Å². The molecule has 0 spiro atoms. The van der Waals surface area contributed by atoms with Gasteiger partial charge in [-0.15, -0.1) is 5.10 Å². The summed E-state index contributed by atoms with van der Waals surface area (Å²) in [5, 5.41) is 9.06. The van der Waals surface area contributed by atoms with Gasteiger partial charge in [-0.2, -0.15) is 0 Å². The molecule has 1 unspecified atom stereocenters. The number of hydrogen-bond acceptors (Lipinski definition) is 4. The SMILES string of the molecule is CCC(C)n1nnc2c1-c1ccccc1N(C(=O)CCC(C)=O)Cc1ccccc1-2.